The van der Waals surface area contributed by atoms with E-state index in [2.05, 4.69) is 0 Å². The van der Waals surface area contributed by atoms with Crippen LogP contribution >= 0.6 is 0 Å². The number of fused-ring (bicyclic) bond motifs is 2. The van der Waals surface area contributed by atoms with E-state index in [4.69, 9.17) is 9.47 Å². The van der Waals surface area contributed by atoms with Crippen LogP contribution in [0.25, 0.3) is 0 Å². The zero-order chi connectivity index (χ0) is 18.3. The van der Waals surface area contributed by atoms with Gasteiger partial charge in [-0.25, -0.2) is 4.39 Å². The Morgan fingerprint density at radius 2 is 2.12 bits per heavy atom. The molecule has 1 amide bonds. The molecule has 6 heteroatoms. The summed E-state index contributed by atoms with van der Waals surface area (Å²) in [7, 11) is 0. The number of aromatic hydroxyl groups is 1. The first-order valence-electron chi connectivity index (χ1n) is 8.66. The molecule has 2 heterocycles. The van der Waals surface area contributed by atoms with Gasteiger partial charge in [-0.1, -0.05) is 30.3 Å². The first kappa shape index (κ1) is 16.8. The lowest BCUT2D eigenvalue weighted by molar-refractivity contribution is 0.0436. The lowest BCUT2D eigenvalue weighted by Gasteiger charge is -2.20. The molecule has 26 heavy (non-hydrogen) atoms. The molecule has 0 spiro atoms. The summed E-state index contributed by atoms with van der Waals surface area (Å²) >= 11 is 0. The van der Waals surface area contributed by atoms with Crippen molar-refractivity contribution in [1.29, 1.82) is 0 Å². The van der Waals surface area contributed by atoms with Gasteiger partial charge in [0.2, 0.25) is 0 Å². The van der Waals surface area contributed by atoms with Gasteiger partial charge in [0.15, 0.2) is 11.6 Å². The highest BCUT2D eigenvalue weighted by atomic mass is 19.1. The normalized spacial score (nSPS) is 21.8. The largest absolute Gasteiger partial charge is 0.504 e. The highest BCUT2D eigenvalue weighted by molar-refractivity contribution is 6.00. The van der Waals surface area contributed by atoms with Crippen molar-refractivity contribution < 1.29 is 23.8 Å². The van der Waals surface area contributed by atoms with Gasteiger partial charge in [-0.15, -0.1) is 0 Å². The Morgan fingerprint density at radius 1 is 1.35 bits per heavy atom. The van der Waals surface area contributed by atoms with E-state index in [1.54, 1.807) is 4.90 Å². The first-order chi connectivity index (χ1) is 12.5. The number of nitrogens with zero attached hydrogens (tertiary/aromatic N) is 1. The van der Waals surface area contributed by atoms with Crippen LogP contribution in [0.1, 0.15) is 27.9 Å². The minimum Gasteiger partial charge on any atom is -0.504 e. The Labute approximate surface area is 151 Å². The molecule has 2 aromatic carbocycles. The molecule has 0 radical (unpaired) electrons. The molecule has 0 aromatic heterocycles. The predicted octanol–water partition coefficient (Wildman–Crippen LogP) is 3.03. The third-order valence-corrected chi connectivity index (χ3v) is 5.00. The van der Waals surface area contributed by atoms with Crippen molar-refractivity contribution in [1.82, 2.24) is 4.90 Å². The summed E-state index contributed by atoms with van der Waals surface area (Å²) in [6.45, 7) is 2.70. The van der Waals surface area contributed by atoms with Crippen LogP contribution in [0, 0.1) is 12.7 Å². The number of amides is 1. The van der Waals surface area contributed by atoms with Gasteiger partial charge < -0.3 is 19.5 Å². The number of halogens is 1. The molecule has 136 valence electrons. The summed E-state index contributed by atoms with van der Waals surface area (Å²) in [5.41, 5.74) is 1.22. The van der Waals surface area contributed by atoms with Crippen LogP contribution < -0.4 is 4.74 Å². The molecule has 0 aliphatic carbocycles. The Hall–Kier alpha value is -2.60. The quantitative estimate of drug-likeness (QED) is 0.917. The fourth-order valence-corrected chi connectivity index (χ4v) is 3.58. The van der Waals surface area contributed by atoms with E-state index in [-0.39, 0.29) is 29.0 Å². The van der Waals surface area contributed by atoms with Crippen LogP contribution in [0.15, 0.2) is 36.4 Å². The molecule has 0 unspecified atom stereocenters. The van der Waals surface area contributed by atoms with Gasteiger partial charge in [-0.3, -0.25) is 4.79 Å². The summed E-state index contributed by atoms with van der Waals surface area (Å²) in [4.78, 5) is 14.5. The van der Waals surface area contributed by atoms with Crippen LogP contribution in [0.3, 0.4) is 0 Å². The van der Waals surface area contributed by atoms with Crippen LogP contribution in [-0.2, 0) is 11.3 Å². The van der Waals surface area contributed by atoms with E-state index in [1.807, 2.05) is 30.3 Å². The Morgan fingerprint density at radius 3 is 2.88 bits per heavy atom. The zero-order valence-electron chi connectivity index (χ0n) is 14.4. The second-order valence-corrected chi connectivity index (χ2v) is 6.81. The summed E-state index contributed by atoms with van der Waals surface area (Å²) < 4.78 is 25.7. The van der Waals surface area contributed by atoms with Gasteiger partial charge >= 0.3 is 0 Å². The van der Waals surface area contributed by atoms with Gasteiger partial charge in [0.05, 0.1) is 18.8 Å². The van der Waals surface area contributed by atoms with E-state index in [9.17, 15) is 14.3 Å². The second-order valence-electron chi connectivity index (χ2n) is 6.81. The number of hydrogen-bond acceptors (Lipinski definition) is 4. The molecule has 2 aliphatic rings. The molecule has 2 atom stereocenters. The van der Waals surface area contributed by atoms with Crippen molar-refractivity contribution in [2.45, 2.75) is 32.1 Å². The number of carbonyl (C=O) groups is 1. The third kappa shape index (κ3) is 2.90. The van der Waals surface area contributed by atoms with Crippen molar-refractivity contribution in [3.63, 3.8) is 0 Å². The molecule has 1 saturated heterocycles. The van der Waals surface area contributed by atoms with Gasteiger partial charge in [-0.05, 0) is 30.5 Å². The lowest BCUT2D eigenvalue weighted by atomic mass is 10.1. The topological polar surface area (TPSA) is 59.0 Å². The fourth-order valence-electron chi connectivity index (χ4n) is 3.58. The van der Waals surface area contributed by atoms with Crippen molar-refractivity contribution in [3.05, 3.63) is 58.9 Å². The minimum absolute atomic E-state index is 0.0979. The number of hydrogen-bond donors (Lipinski definition) is 1. The number of phenolic OH excluding ortho intramolecular Hbond substituents is 1. The van der Waals surface area contributed by atoms with Gasteiger partial charge in [-0.2, -0.15) is 0 Å². The average molecular weight is 357 g/mol. The number of carbonyl (C=O) groups excluding carboxylic acids is 1. The maximum Gasteiger partial charge on any atom is 0.261 e. The van der Waals surface area contributed by atoms with Crippen LogP contribution in [0.4, 0.5) is 4.39 Å². The van der Waals surface area contributed by atoms with E-state index in [0.29, 0.717) is 26.2 Å². The molecular weight excluding hydrogens is 337 g/mol. The number of phenols is 1. The molecule has 4 rings (SSSR count). The lowest BCUT2D eigenvalue weighted by Crippen LogP contribution is -2.37. The highest BCUT2D eigenvalue weighted by Crippen LogP contribution is 2.38. The summed E-state index contributed by atoms with van der Waals surface area (Å²) in [5.74, 6) is -1.60. The summed E-state index contributed by atoms with van der Waals surface area (Å²) in [6, 6.07) is 11.1. The van der Waals surface area contributed by atoms with Crippen LogP contribution in [-0.4, -0.2) is 41.2 Å². The highest BCUT2D eigenvalue weighted by Gasteiger charge is 2.41. The number of ether oxygens (including phenoxy) is 2. The van der Waals surface area contributed by atoms with Crippen molar-refractivity contribution in [3.8, 4) is 11.5 Å². The van der Waals surface area contributed by atoms with Crippen molar-refractivity contribution >= 4 is 5.91 Å². The molecule has 2 aliphatic heterocycles. The zero-order valence-corrected chi connectivity index (χ0v) is 14.4. The van der Waals surface area contributed by atoms with Crippen molar-refractivity contribution in [2.75, 3.05) is 13.2 Å². The molecule has 1 N–H and O–H groups in total. The van der Waals surface area contributed by atoms with E-state index in [1.165, 1.54) is 13.0 Å². The first-order valence-corrected chi connectivity index (χ1v) is 8.66. The Bertz CT molecular complexity index is 839. The van der Waals surface area contributed by atoms with Gasteiger partial charge in [0, 0.05) is 6.54 Å². The molecule has 2 aromatic rings. The predicted molar refractivity (Wildman–Crippen MR) is 92.8 cm³/mol. The van der Waals surface area contributed by atoms with Gasteiger partial charge in [0.1, 0.15) is 17.9 Å². The average Bonchev–Trinajstić information content (AvgIpc) is 3.01. The summed E-state index contributed by atoms with van der Waals surface area (Å²) in [6.07, 6.45) is 0.529. The number of benzene rings is 2. The molecule has 0 bridgehead atoms. The monoisotopic (exact) mass is 357 g/mol. The van der Waals surface area contributed by atoms with Crippen LogP contribution in [0.2, 0.25) is 0 Å². The van der Waals surface area contributed by atoms with Gasteiger partial charge in [0.25, 0.3) is 5.91 Å². The van der Waals surface area contributed by atoms with Crippen LogP contribution in [0.5, 0.6) is 11.5 Å². The summed E-state index contributed by atoms with van der Waals surface area (Å²) in [5, 5.41) is 10.1. The molecular formula is C20H20FNO4. The Balaban J connectivity index is 1.52. The van der Waals surface area contributed by atoms with E-state index < -0.39 is 17.5 Å². The molecule has 1 fully saturated rings. The van der Waals surface area contributed by atoms with Crippen molar-refractivity contribution in [2.24, 2.45) is 0 Å². The SMILES string of the molecule is Cc1cc2c(c(O)c1F)C(=O)N1C[C@@H](OCc3ccccc3)C[C@@H]1CO2. The minimum atomic E-state index is -0.782. The second kappa shape index (κ2) is 6.61. The standard InChI is InChI=1S/C20H20FNO4/c1-12-7-16-17(19(23)18(12)21)20(24)22-9-15(8-14(22)11-26-16)25-10-13-5-3-2-4-6-13/h2-7,14-15,23H,8-11H2,1H3/t14-,15+/m1/s1. The molecule has 0 saturated carbocycles. The number of rotatable bonds is 3. The molecule has 5 nitrogen and oxygen atoms in total. The maximum atomic E-state index is 14.1. The van der Waals surface area contributed by atoms with E-state index in [0.717, 1.165) is 5.56 Å². The fraction of sp³-hybridized carbons (Fsp3) is 0.350. The smallest absolute Gasteiger partial charge is 0.261 e. The third-order valence-electron chi connectivity index (χ3n) is 5.00. The van der Waals surface area contributed by atoms with E-state index >= 15 is 0 Å². The Kier molecular flexibility index (Phi) is 4.28. The number of aryl methyl sites for hydroxylation is 1. The maximum absolute atomic E-state index is 14.1.